The van der Waals surface area contributed by atoms with Crippen molar-refractivity contribution in [3.63, 3.8) is 0 Å². The number of benzene rings is 1. The lowest BCUT2D eigenvalue weighted by Crippen LogP contribution is -2.29. The first-order valence-electron chi connectivity index (χ1n) is 14.0. The fourth-order valence-electron chi connectivity index (χ4n) is 5.10. The summed E-state index contributed by atoms with van der Waals surface area (Å²) < 4.78 is 11.4. The van der Waals surface area contributed by atoms with Crippen LogP contribution >= 0.6 is 0 Å². The van der Waals surface area contributed by atoms with E-state index in [0.717, 1.165) is 39.5 Å². The quantitative estimate of drug-likeness (QED) is 0.164. The van der Waals surface area contributed by atoms with Gasteiger partial charge in [0.25, 0.3) is 5.56 Å². The van der Waals surface area contributed by atoms with Crippen LogP contribution in [-0.2, 0) is 11.5 Å². The van der Waals surface area contributed by atoms with Crippen LogP contribution in [0.2, 0.25) is 25.7 Å². The first-order chi connectivity index (χ1) is 20.2. The van der Waals surface area contributed by atoms with E-state index in [2.05, 4.69) is 45.1 Å². The minimum absolute atomic E-state index is 0.129. The molecule has 0 aliphatic rings. The number of anilines is 1. The minimum Gasteiger partial charge on any atom is -0.361 e. The van der Waals surface area contributed by atoms with Gasteiger partial charge in [-0.3, -0.25) is 14.5 Å². The normalized spacial score (nSPS) is 12.8. The van der Waals surface area contributed by atoms with E-state index in [4.69, 9.17) is 9.84 Å². The van der Waals surface area contributed by atoms with Gasteiger partial charge in [0.2, 0.25) is 0 Å². The maximum Gasteiger partial charge on any atom is 0.282 e. The van der Waals surface area contributed by atoms with Gasteiger partial charge in [-0.05, 0) is 43.7 Å². The Morgan fingerprint density at radius 2 is 1.93 bits per heavy atom. The van der Waals surface area contributed by atoms with Gasteiger partial charge in [0.1, 0.15) is 30.0 Å². The third kappa shape index (κ3) is 5.26. The van der Waals surface area contributed by atoms with Crippen molar-refractivity contribution in [1.29, 1.82) is 0 Å². The molecule has 5 aromatic heterocycles. The number of H-pyrrole nitrogens is 1. The average Bonchev–Trinajstić information content (AvgIpc) is 3.71. The van der Waals surface area contributed by atoms with Gasteiger partial charge in [0.05, 0.1) is 23.3 Å². The van der Waals surface area contributed by atoms with Gasteiger partial charge < -0.3 is 14.6 Å². The molecule has 1 aromatic carbocycles. The minimum atomic E-state index is -1.21. The van der Waals surface area contributed by atoms with Gasteiger partial charge in [-0.15, -0.1) is 0 Å². The topological polar surface area (TPSA) is 120 Å². The van der Waals surface area contributed by atoms with Crippen molar-refractivity contribution in [2.24, 2.45) is 0 Å². The summed E-state index contributed by atoms with van der Waals surface area (Å²) in [6.45, 7) is 12.0. The van der Waals surface area contributed by atoms with E-state index in [1.165, 1.54) is 0 Å². The summed E-state index contributed by atoms with van der Waals surface area (Å²) in [5.41, 5.74) is 4.62. The van der Waals surface area contributed by atoms with E-state index in [1.807, 2.05) is 73.4 Å². The standard InChI is InChI=1S/C30H35N9O2Si/c1-20-11-12-38-26(20)30(40)39(23-9-7-6-8-10-23)28(36-38)21(2)35-27-25-24(22-15-33-34-16-22)17-37(29(25)32-18-31-27)19-41-13-14-42(3,4)5/h6-12,15-18,21H,13-14,19H2,1-5H3,(H,33,34)(H,31,32,35)/t21-/m0/s1. The predicted octanol–water partition coefficient (Wildman–Crippen LogP) is 5.41. The Kier molecular flexibility index (Phi) is 7.25. The molecule has 0 aliphatic carbocycles. The van der Waals surface area contributed by atoms with E-state index < -0.39 is 14.1 Å². The van der Waals surface area contributed by atoms with E-state index in [1.54, 1.807) is 21.6 Å². The largest absolute Gasteiger partial charge is 0.361 e. The molecule has 6 rings (SSSR count). The van der Waals surface area contributed by atoms with Crippen LogP contribution in [0.15, 0.2) is 72.3 Å². The van der Waals surface area contributed by atoms with Crippen molar-refractivity contribution >= 4 is 30.4 Å². The predicted molar refractivity (Wildman–Crippen MR) is 167 cm³/mol. The highest BCUT2D eigenvalue weighted by Crippen LogP contribution is 2.35. The molecule has 11 nitrogen and oxygen atoms in total. The molecule has 1 atom stereocenters. The highest BCUT2D eigenvalue weighted by Gasteiger charge is 2.23. The van der Waals surface area contributed by atoms with Crippen LogP contribution in [0, 0.1) is 6.92 Å². The van der Waals surface area contributed by atoms with Gasteiger partial charge in [-0.25, -0.2) is 14.5 Å². The number of aromatic amines is 1. The molecule has 42 heavy (non-hydrogen) atoms. The van der Waals surface area contributed by atoms with Crippen molar-refractivity contribution in [3.05, 3.63) is 89.3 Å². The highest BCUT2D eigenvalue weighted by molar-refractivity contribution is 6.76. The van der Waals surface area contributed by atoms with Crippen molar-refractivity contribution in [1.82, 2.24) is 38.9 Å². The molecule has 0 bridgehead atoms. The number of fused-ring (bicyclic) bond motifs is 2. The van der Waals surface area contributed by atoms with Crippen LogP contribution in [0.25, 0.3) is 33.4 Å². The number of hydrogen-bond acceptors (Lipinski definition) is 7. The molecule has 5 heterocycles. The number of ether oxygens (including phenoxy) is 1. The van der Waals surface area contributed by atoms with Crippen LogP contribution in [0.3, 0.4) is 0 Å². The molecule has 0 saturated carbocycles. The van der Waals surface area contributed by atoms with Crippen LogP contribution in [0.1, 0.15) is 24.4 Å². The molecule has 0 amide bonds. The number of nitrogens with zero attached hydrogens (tertiary/aromatic N) is 7. The van der Waals surface area contributed by atoms with Crippen molar-refractivity contribution in [3.8, 4) is 16.8 Å². The number of hydrogen-bond donors (Lipinski definition) is 2. The zero-order valence-electron chi connectivity index (χ0n) is 24.5. The Hall–Kier alpha value is -4.55. The van der Waals surface area contributed by atoms with Crippen LogP contribution in [-0.4, -0.2) is 53.6 Å². The molecule has 0 fully saturated rings. The first-order valence-corrected chi connectivity index (χ1v) is 17.8. The summed E-state index contributed by atoms with van der Waals surface area (Å²) in [5, 5.41) is 16.4. The Labute approximate surface area is 244 Å². The molecular formula is C30H35N9O2Si. The fourth-order valence-corrected chi connectivity index (χ4v) is 5.85. The average molecular weight is 582 g/mol. The zero-order valence-corrected chi connectivity index (χ0v) is 25.5. The smallest absolute Gasteiger partial charge is 0.282 e. The van der Waals surface area contributed by atoms with Crippen LogP contribution < -0.4 is 10.9 Å². The summed E-state index contributed by atoms with van der Waals surface area (Å²) in [4.78, 5) is 23.1. The molecule has 2 N–H and O–H groups in total. The second-order valence-corrected chi connectivity index (χ2v) is 17.4. The molecule has 0 spiro atoms. The summed E-state index contributed by atoms with van der Waals surface area (Å²) in [5.74, 6) is 1.18. The number of rotatable bonds is 10. The maximum absolute atomic E-state index is 13.8. The number of aromatic nitrogens is 8. The first kappa shape index (κ1) is 27.6. The van der Waals surface area contributed by atoms with E-state index in [0.29, 0.717) is 30.5 Å². The number of para-hydroxylation sites is 1. The molecule has 216 valence electrons. The van der Waals surface area contributed by atoms with E-state index >= 15 is 0 Å². The third-order valence-electron chi connectivity index (χ3n) is 7.36. The molecule has 0 aliphatic heterocycles. The number of aryl methyl sites for hydroxylation is 1. The van der Waals surface area contributed by atoms with Crippen molar-refractivity contribution in [2.45, 2.75) is 52.3 Å². The molecular weight excluding hydrogens is 546 g/mol. The number of nitrogens with one attached hydrogen (secondary N) is 2. The second kappa shape index (κ2) is 11.0. The van der Waals surface area contributed by atoms with Gasteiger partial charge in [-0.1, -0.05) is 37.8 Å². The lowest BCUT2D eigenvalue weighted by Gasteiger charge is -2.20. The lowest BCUT2D eigenvalue weighted by molar-refractivity contribution is 0.0899. The summed E-state index contributed by atoms with van der Waals surface area (Å²) >= 11 is 0. The summed E-state index contributed by atoms with van der Waals surface area (Å²) in [6.07, 6.45) is 9.02. The fraction of sp³-hybridized carbons (Fsp3) is 0.300. The lowest BCUT2D eigenvalue weighted by atomic mass is 10.1. The summed E-state index contributed by atoms with van der Waals surface area (Å²) in [6, 6.07) is 12.2. The molecule has 0 radical (unpaired) electrons. The van der Waals surface area contributed by atoms with Gasteiger partial charge in [0.15, 0.2) is 5.82 Å². The summed E-state index contributed by atoms with van der Waals surface area (Å²) in [7, 11) is -1.21. The maximum atomic E-state index is 13.8. The van der Waals surface area contributed by atoms with E-state index in [-0.39, 0.29) is 5.56 Å². The SMILES string of the molecule is Cc1ccn2nc([C@H](C)Nc3ncnc4c3c(-c3cn[nH]c3)cn4COCC[Si](C)(C)C)n(-c3ccccc3)c(=O)c12. The molecule has 0 saturated heterocycles. The van der Waals surface area contributed by atoms with Crippen molar-refractivity contribution < 1.29 is 4.74 Å². The van der Waals surface area contributed by atoms with Crippen LogP contribution in [0.5, 0.6) is 0 Å². The highest BCUT2D eigenvalue weighted by atomic mass is 28.3. The molecule has 0 unspecified atom stereocenters. The Bertz CT molecular complexity index is 1900. The van der Waals surface area contributed by atoms with Crippen LogP contribution in [0.4, 0.5) is 5.82 Å². The monoisotopic (exact) mass is 581 g/mol. The van der Waals surface area contributed by atoms with E-state index in [9.17, 15) is 4.79 Å². The second-order valence-electron chi connectivity index (χ2n) is 11.8. The van der Waals surface area contributed by atoms with Gasteiger partial charge >= 0.3 is 0 Å². The Morgan fingerprint density at radius 3 is 2.67 bits per heavy atom. The Balaban J connectivity index is 1.42. The van der Waals surface area contributed by atoms with Gasteiger partial charge in [0, 0.05) is 44.4 Å². The Morgan fingerprint density at radius 1 is 1.12 bits per heavy atom. The third-order valence-corrected chi connectivity index (χ3v) is 9.06. The van der Waals surface area contributed by atoms with Crippen molar-refractivity contribution in [2.75, 3.05) is 11.9 Å². The van der Waals surface area contributed by atoms with Gasteiger partial charge in [-0.2, -0.15) is 10.2 Å². The molecule has 12 heteroatoms. The zero-order chi connectivity index (χ0) is 29.4. The molecule has 6 aromatic rings.